The van der Waals surface area contributed by atoms with Crippen LogP contribution in [0.2, 0.25) is 0 Å². The molecule has 0 aliphatic heterocycles. The van der Waals surface area contributed by atoms with Crippen molar-refractivity contribution in [2.45, 2.75) is 51.6 Å². The van der Waals surface area contributed by atoms with Crippen molar-refractivity contribution >= 4 is 11.8 Å². The SMILES string of the molecule is CC[C@@H](O)/C=C/[C@H]1C=CC(=O)[C@H]1C/C=C\C/C=C\C/C=C\CCC(=O)O. The molecule has 0 bridgehead atoms. The van der Waals surface area contributed by atoms with E-state index in [0.717, 1.165) is 12.8 Å². The zero-order valence-corrected chi connectivity index (χ0v) is 15.5. The first-order valence-electron chi connectivity index (χ1n) is 9.29. The molecule has 0 aromatic rings. The van der Waals surface area contributed by atoms with Crippen LogP contribution < -0.4 is 0 Å². The number of carboxylic acid groups (broad SMARTS) is 1. The molecular weight excluding hydrogens is 328 g/mol. The molecule has 3 atom stereocenters. The van der Waals surface area contributed by atoms with Crippen molar-refractivity contribution in [2.24, 2.45) is 11.8 Å². The number of carboxylic acids is 1. The van der Waals surface area contributed by atoms with Gasteiger partial charge in [0.2, 0.25) is 0 Å². The fourth-order valence-electron chi connectivity index (χ4n) is 2.63. The lowest BCUT2D eigenvalue weighted by Crippen LogP contribution is -2.14. The summed E-state index contributed by atoms with van der Waals surface area (Å²) in [7, 11) is 0. The van der Waals surface area contributed by atoms with E-state index < -0.39 is 12.1 Å². The summed E-state index contributed by atoms with van der Waals surface area (Å²) in [6.07, 6.45) is 22.6. The lowest BCUT2D eigenvalue weighted by Gasteiger charge is -2.13. The first kappa shape index (κ1) is 21.8. The molecule has 0 radical (unpaired) electrons. The smallest absolute Gasteiger partial charge is 0.303 e. The van der Waals surface area contributed by atoms with E-state index in [4.69, 9.17) is 5.11 Å². The molecule has 0 fully saturated rings. The van der Waals surface area contributed by atoms with Crippen molar-refractivity contribution in [1.29, 1.82) is 0 Å². The van der Waals surface area contributed by atoms with Gasteiger partial charge in [-0.15, -0.1) is 0 Å². The highest BCUT2D eigenvalue weighted by Crippen LogP contribution is 2.27. The molecule has 0 spiro atoms. The Morgan fingerprint density at radius 3 is 2.46 bits per heavy atom. The summed E-state index contributed by atoms with van der Waals surface area (Å²) in [5.74, 6) is -0.615. The Bertz CT molecular complexity index is 581. The van der Waals surface area contributed by atoms with Crippen LogP contribution >= 0.6 is 0 Å². The van der Waals surface area contributed by atoms with Crippen molar-refractivity contribution in [3.05, 3.63) is 60.8 Å². The van der Waals surface area contributed by atoms with Gasteiger partial charge in [-0.25, -0.2) is 0 Å². The Morgan fingerprint density at radius 1 is 1.15 bits per heavy atom. The van der Waals surface area contributed by atoms with Gasteiger partial charge in [0.25, 0.3) is 0 Å². The van der Waals surface area contributed by atoms with E-state index in [1.165, 1.54) is 0 Å². The van der Waals surface area contributed by atoms with Crippen molar-refractivity contribution in [2.75, 3.05) is 0 Å². The molecule has 0 saturated carbocycles. The van der Waals surface area contributed by atoms with Gasteiger partial charge in [-0.05, 0) is 38.2 Å². The number of carbonyl (C=O) groups is 2. The van der Waals surface area contributed by atoms with Crippen LogP contribution in [0.3, 0.4) is 0 Å². The molecule has 0 saturated heterocycles. The van der Waals surface area contributed by atoms with E-state index in [2.05, 4.69) is 12.2 Å². The third-order valence-electron chi connectivity index (χ3n) is 4.25. The maximum Gasteiger partial charge on any atom is 0.303 e. The van der Waals surface area contributed by atoms with Crippen molar-refractivity contribution < 1.29 is 19.8 Å². The van der Waals surface area contributed by atoms with Gasteiger partial charge < -0.3 is 10.2 Å². The quantitative estimate of drug-likeness (QED) is 0.507. The molecule has 142 valence electrons. The van der Waals surface area contributed by atoms with Crippen LogP contribution in [0, 0.1) is 11.8 Å². The molecule has 26 heavy (non-hydrogen) atoms. The third-order valence-corrected chi connectivity index (χ3v) is 4.25. The fraction of sp³-hybridized carbons (Fsp3) is 0.455. The summed E-state index contributed by atoms with van der Waals surface area (Å²) in [5, 5.41) is 18.1. The Balaban J connectivity index is 2.27. The molecule has 4 heteroatoms. The highest BCUT2D eigenvalue weighted by Gasteiger charge is 2.26. The largest absolute Gasteiger partial charge is 0.481 e. The monoisotopic (exact) mass is 358 g/mol. The minimum atomic E-state index is -0.773. The van der Waals surface area contributed by atoms with E-state index in [-0.39, 0.29) is 24.0 Å². The minimum Gasteiger partial charge on any atom is -0.481 e. The van der Waals surface area contributed by atoms with Gasteiger partial charge in [0, 0.05) is 18.3 Å². The minimum absolute atomic E-state index is 0.0623. The number of hydrogen-bond donors (Lipinski definition) is 2. The van der Waals surface area contributed by atoms with Gasteiger partial charge in [0.05, 0.1) is 6.10 Å². The third kappa shape index (κ3) is 9.33. The summed E-state index contributed by atoms with van der Waals surface area (Å²) in [4.78, 5) is 22.3. The van der Waals surface area contributed by atoms with Crippen LogP contribution in [0.15, 0.2) is 60.8 Å². The van der Waals surface area contributed by atoms with Gasteiger partial charge in [-0.2, -0.15) is 0 Å². The molecule has 1 aliphatic rings. The fourth-order valence-corrected chi connectivity index (χ4v) is 2.63. The highest BCUT2D eigenvalue weighted by molar-refractivity contribution is 5.95. The lowest BCUT2D eigenvalue weighted by atomic mass is 9.90. The topological polar surface area (TPSA) is 74.6 Å². The van der Waals surface area contributed by atoms with E-state index >= 15 is 0 Å². The normalized spacial score (nSPS) is 21.8. The number of allylic oxidation sites excluding steroid dienone is 9. The Labute approximate surface area is 156 Å². The molecule has 4 nitrogen and oxygen atoms in total. The van der Waals surface area contributed by atoms with Gasteiger partial charge in [-0.1, -0.05) is 61.6 Å². The first-order valence-corrected chi connectivity index (χ1v) is 9.29. The number of aliphatic hydroxyl groups is 1. The average molecular weight is 358 g/mol. The van der Waals surface area contributed by atoms with Crippen molar-refractivity contribution in [3.63, 3.8) is 0 Å². The van der Waals surface area contributed by atoms with E-state index in [1.54, 1.807) is 12.2 Å². The average Bonchev–Trinajstić information content (AvgIpc) is 2.97. The number of aliphatic carboxylic acids is 1. The Kier molecular flexibility index (Phi) is 11.0. The van der Waals surface area contributed by atoms with Crippen LogP contribution in [0.1, 0.15) is 45.4 Å². The predicted molar refractivity (Wildman–Crippen MR) is 105 cm³/mol. The van der Waals surface area contributed by atoms with Crippen LogP contribution in [-0.2, 0) is 9.59 Å². The van der Waals surface area contributed by atoms with Gasteiger partial charge in [0.15, 0.2) is 5.78 Å². The number of ketones is 1. The molecule has 1 aliphatic carbocycles. The van der Waals surface area contributed by atoms with E-state index in [1.807, 2.05) is 43.4 Å². The molecule has 2 N–H and O–H groups in total. The molecule has 0 heterocycles. The second-order valence-corrected chi connectivity index (χ2v) is 6.36. The number of aliphatic hydroxyl groups excluding tert-OH is 1. The summed E-state index contributed by atoms with van der Waals surface area (Å²) in [5.41, 5.74) is 0. The Hall–Kier alpha value is -2.20. The van der Waals surface area contributed by atoms with Crippen LogP contribution in [0.5, 0.6) is 0 Å². The number of hydrogen-bond acceptors (Lipinski definition) is 3. The second-order valence-electron chi connectivity index (χ2n) is 6.36. The zero-order valence-electron chi connectivity index (χ0n) is 15.5. The molecule has 0 aromatic carbocycles. The van der Waals surface area contributed by atoms with Crippen molar-refractivity contribution in [1.82, 2.24) is 0 Å². The van der Waals surface area contributed by atoms with Crippen molar-refractivity contribution in [3.8, 4) is 0 Å². The number of rotatable bonds is 12. The lowest BCUT2D eigenvalue weighted by molar-refractivity contribution is -0.136. The van der Waals surface area contributed by atoms with Crippen LogP contribution in [0.4, 0.5) is 0 Å². The molecule has 1 rings (SSSR count). The van der Waals surface area contributed by atoms with Crippen LogP contribution in [-0.4, -0.2) is 28.1 Å². The zero-order chi connectivity index (χ0) is 19.2. The predicted octanol–water partition coefficient (Wildman–Crippen LogP) is 4.39. The van der Waals surface area contributed by atoms with Gasteiger partial charge >= 0.3 is 5.97 Å². The van der Waals surface area contributed by atoms with E-state index in [9.17, 15) is 14.7 Å². The maximum atomic E-state index is 12.0. The van der Waals surface area contributed by atoms with Crippen LogP contribution in [0.25, 0.3) is 0 Å². The first-order chi connectivity index (χ1) is 12.5. The summed E-state index contributed by atoms with van der Waals surface area (Å²) < 4.78 is 0. The summed E-state index contributed by atoms with van der Waals surface area (Å²) in [6.45, 7) is 1.92. The summed E-state index contributed by atoms with van der Waals surface area (Å²) >= 11 is 0. The molecular formula is C22H30O4. The highest BCUT2D eigenvalue weighted by atomic mass is 16.4. The Morgan fingerprint density at radius 2 is 1.81 bits per heavy atom. The van der Waals surface area contributed by atoms with Gasteiger partial charge in [-0.3, -0.25) is 9.59 Å². The second kappa shape index (κ2) is 13.1. The standard InChI is InChI=1S/C22H30O4/c1-2-19(23)16-14-18-15-17-21(24)20(18)12-10-8-6-4-3-5-7-9-11-13-22(25)26/h3-4,7-10,14-20,23H,2,5-6,11-13H2,1H3,(H,25,26)/b4-3-,9-7-,10-8-,16-14+/t18-,19+,20-/m0/s1. The number of carbonyl (C=O) groups excluding carboxylic acids is 1. The summed E-state index contributed by atoms with van der Waals surface area (Å²) in [6, 6.07) is 0. The van der Waals surface area contributed by atoms with Gasteiger partial charge in [0.1, 0.15) is 0 Å². The molecule has 0 aromatic heterocycles. The maximum absolute atomic E-state index is 12.0. The molecule has 0 unspecified atom stereocenters. The van der Waals surface area contributed by atoms with E-state index in [0.29, 0.717) is 19.3 Å². The molecule has 0 amide bonds.